The molecule has 0 fully saturated rings. The van der Waals surface area contributed by atoms with Gasteiger partial charge in [0.25, 0.3) is 8.53 Å². The van der Waals surface area contributed by atoms with Crippen LogP contribution in [0.4, 0.5) is 0 Å². The van der Waals surface area contributed by atoms with Crippen LogP contribution in [0.3, 0.4) is 0 Å². The molecular weight excluding hydrogens is 149 g/mol. The third kappa shape index (κ3) is 2.93. The molecule has 0 unspecified atom stereocenters. The lowest BCUT2D eigenvalue weighted by Crippen LogP contribution is -2.31. The van der Waals surface area contributed by atoms with Crippen molar-refractivity contribution in [1.82, 2.24) is 4.67 Å². The Morgan fingerprint density at radius 2 is 1.30 bits per heavy atom. The number of hydrogen-bond acceptors (Lipinski definition) is 3. The van der Waals surface area contributed by atoms with Gasteiger partial charge in [0.2, 0.25) is 0 Å². The molecule has 3 nitrogen and oxygen atoms in total. The molecule has 62 valence electrons. The molecule has 10 heavy (non-hydrogen) atoms. The molecule has 0 aromatic carbocycles. The highest BCUT2D eigenvalue weighted by atomic mass is 31.2. The van der Waals surface area contributed by atoms with Gasteiger partial charge in [0, 0.05) is 12.1 Å². The molecule has 0 aliphatic heterocycles. The topological polar surface area (TPSA) is 43.7 Å². The summed E-state index contributed by atoms with van der Waals surface area (Å²) in [6.07, 6.45) is 0. The quantitative estimate of drug-likeness (QED) is 0.620. The Hall–Kier alpha value is 0.310. The van der Waals surface area contributed by atoms with Gasteiger partial charge in [-0.15, -0.1) is 0 Å². The van der Waals surface area contributed by atoms with Gasteiger partial charge in [-0.1, -0.05) is 0 Å². The van der Waals surface area contributed by atoms with E-state index in [1.807, 2.05) is 27.7 Å². The summed E-state index contributed by atoms with van der Waals surface area (Å²) in [5.74, 6) is 0. The van der Waals surface area contributed by atoms with Crippen LogP contribution in [-0.2, 0) is 0 Å². The smallest absolute Gasteiger partial charge is 0.253 e. The van der Waals surface area contributed by atoms with E-state index in [1.165, 1.54) is 0 Å². The van der Waals surface area contributed by atoms with Crippen LogP contribution in [0, 0.1) is 0 Å². The first kappa shape index (κ1) is 10.3. The zero-order chi connectivity index (χ0) is 8.31. The van der Waals surface area contributed by atoms with Gasteiger partial charge in [-0.05, 0) is 27.7 Å². The highest BCUT2D eigenvalue weighted by molar-refractivity contribution is 7.42. The Bertz CT molecular complexity index is 76.7. The summed E-state index contributed by atoms with van der Waals surface area (Å²) >= 11 is 0. The van der Waals surface area contributed by atoms with E-state index in [0.717, 1.165) is 0 Å². The van der Waals surface area contributed by atoms with Crippen molar-refractivity contribution in [3.05, 3.63) is 0 Å². The van der Waals surface area contributed by atoms with Crippen LogP contribution in [-0.4, -0.2) is 26.5 Å². The predicted octanol–water partition coefficient (Wildman–Crippen LogP) is 1.32. The van der Waals surface area contributed by atoms with E-state index >= 15 is 0 Å². The summed E-state index contributed by atoms with van der Waals surface area (Å²) in [4.78, 5) is 17.8. The average Bonchev–Trinajstić information content (AvgIpc) is 1.59. The van der Waals surface area contributed by atoms with E-state index in [-0.39, 0.29) is 12.1 Å². The van der Waals surface area contributed by atoms with Gasteiger partial charge < -0.3 is 9.79 Å². The molecule has 0 atom stereocenters. The summed E-state index contributed by atoms with van der Waals surface area (Å²) in [5.41, 5.74) is 0. The average molecular weight is 165 g/mol. The monoisotopic (exact) mass is 165 g/mol. The summed E-state index contributed by atoms with van der Waals surface area (Å²) < 4.78 is 1.68. The van der Waals surface area contributed by atoms with Crippen molar-refractivity contribution in [3.63, 3.8) is 0 Å². The molecule has 0 radical (unpaired) electrons. The van der Waals surface area contributed by atoms with Gasteiger partial charge in [-0.2, -0.15) is 0 Å². The van der Waals surface area contributed by atoms with Crippen LogP contribution in [0.5, 0.6) is 0 Å². The molecule has 2 N–H and O–H groups in total. The number of nitrogens with zero attached hydrogens (tertiary/aromatic N) is 1. The van der Waals surface area contributed by atoms with Crippen molar-refractivity contribution in [3.8, 4) is 0 Å². The van der Waals surface area contributed by atoms with Crippen LogP contribution >= 0.6 is 8.53 Å². The van der Waals surface area contributed by atoms with Gasteiger partial charge in [0.15, 0.2) is 0 Å². The molecule has 0 aliphatic rings. The van der Waals surface area contributed by atoms with Crippen molar-refractivity contribution in [2.24, 2.45) is 0 Å². The molecule has 0 amide bonds. The lowest BCUT2D eigenvalue weighted by atomic mass is 10.3. The normalized spacial score (nSPS) is 12.6. The SMILES string of the molecule is CC(C)N(C(C)C)P(O)O. The highest BCUT2D eigenvalue weighted by Crippen LogP contribution is 2.34. The van der Waals surface area contributed by atoms with Crippen molar-refractivity contribution in [2.75, 3.05) is 0 Å². The predicted molar refractivity (Wildman–Crippen MR) is 43.5 cm³/mol. The Kier molecular flexibility index (Phi) is 4.37. The van der Waals surface area contributed by atoms with Gasteiger partial charge in [0.05, 0.1) is 0 Å². The van der Waals surface area contributed by atoms with Gasteiger partial charge in [-0.25, -0.2) is 4.67 Å². The first-order valence-electron chi connectivity index (χ1n) is 3.43. The van der Waals surface area contributed by atoms with E-state index in [1.54, 1.807) is 4.67 Å². The lowest BCUT2D eigenvalue weighted by molar-refractivity contribution is 0.259. The van der Waals surface area contributed by atoms with Crippen LogP contribution < -0.4 is 0 Å². The first-order valence-corrected chi connectivity index (χ1v) is 4.63. The molecular formula is C6H16NO2P. The second-order valence-electron chi connectivity index (χ2n) is 2.84. The van der Waals surface area contributed by atoms with Gasteiger partial charge in [-0.3, -0.25) is 0 Å². The van der Waals surface area contributed by atoms with Crippen molar-refractivity contribution >= 4 is 8.53 Å². The molecule has 0 aromatic rings. The fourth-order valence-corrected chi connectivity index (χ4v) is 1.84. The van der Waals surface area contributed by atoms with Crippen LogP contribution in [0.15, 0.2) is 0 Å². The van der Waals surface area contributed by atoms with Gasteiger partial charge in [0.1, 0.15) is 0 Å². The van der Waals surface area contributed by atoms with E-state index in [4.69, 9.17) is 9.79 Å². The van der Waals surface area contributed by atoms with E-state index in [2.05, 4.69) is 0 Å². The third-order valence-corrected chi connectivity index (χ3v) is 2.60. The molecule has 4 heteroatoms. The molecule has 0 bridgehead atoms. The largest absolute Gasteiger partial charge is 0.338 e. The van der Waals surface area contributed by atoms with Crippen molar-refractivity contribution in [1.29, 1.82) is 0 Å². The Morgan fingerprint density at radius 1 is 1.00 bits per heavy atom. The molecule has 0 heterocycles. The van der Waals surface area contributed by atoms with Crippen molar-refractivity contribution < 1.29 is 9.79 Å². The van der Waals surface area contributed by atoms with Crippen LogP contribution in [0.25, 0.3) is 0 Å². The standard InChI is InChI=1S/C6H16NO2P/c1-5(2)7(6(3)4)10(8)9/h5-6,8-9H,1-4H3. The second kappa shape index (κ2) is 4.24. The first-order chi connectivity index (χ1) is 4.46. The zero-order valence-electron chi connectivity index (χ0n) is 6.94. The third-order valence-electron chi connectivity index (χ3n) is 1.26. The van der Waals surface area contributed by atoms with E-state index in [9.17, 15) is 0 Å². The fraction of sp³-hybridized carbons (Fsp3) is 1.00. The lowest BCUT2D eigenvalue weighted by Gasteiger charge is -2.29. The highest BCUT2D eigenvalue weighted by Gasteiger charge is 2.20. The maximum absolute atomic E-state index is 8.90. The van der Waals surface area contributed by atoms with E-state index in [0.29, 0.717) is 0 Å². The maximum Gasteiger partial charge on any atom is 0.253 e. The Morgan fingerprint density at radius 3 is 1.30 bits per heavy atom. The van der Waals surface area contributed by atoms with Crippen molar-refractivity contribution in [2.45, 2.75) is 39.8 Å². The molecule has 0 spiro atoms. The Labute approximate surface area is 63.6 Å². The minimum absolute atomic E-state index is 0.195. The molecule has 0 rings (SSSR count). The fourth-order valence-electron chi connectivity index (χ4n) is 1.01. The summed E-state index contributed by atoms with van der Waals surface area (Å²) in [7, 11) is -1.91. The summed E-state index contributed by atoms with van der Waals surface area (Å²) in [6.45, 7) is 7.78. The van der Waals surface area contributed by atoms with E-state index < -0.39 is 8.53 Å². The van der Waals surface area contributed by atoms with Crippen LogP contribution in [0.2, 0.25) is 0 Å². The number of rotatable bonds is 3. The maximum atomic E-state index is 8.90. The summed E-state index contributed by atoms with van der Waals surface area (Å²) in [5, 5.41) is 0. The molecule has 0 aliphatic carbocycles. The molecule has 0 saturated carbocycles. The van der Waals surface area contributed by atoms with Crippen LogP contribution in [0.1, 0.15) is 27.7 Å². The second-order valence-corrected chi connectivity index (χ2v) is 3.83. The minimum Gasteiger partial charge on any atom is -0.338 e. The molecule has 0 saturated heterocycles. The summed E-state index contributed by atoms with van der Waals surface area (Å²) in [6, 6.07) is 0.391. The zero-order valence-corrected chi connectivity index (χ0v) is 7.84. The van der Waals surface area contributed by atoms with Gasteiger partial charge >= 0.3 is 0 Å². The Balaban J connectivity index is 3.98. The molecule has 0 aromatic heterocycles. The number of hydrogen-bond donors (Lipinski definition) is 2. The minimum atomic E-state index is -1.91.